The van der Waals surface area contributed by atoms with Gasteiger partial charge in [0.1, 0.15) is 13.9 Å². The summed E-state index contributed by atoms with van der Waals surface area (Å²) < 4.78 is 4.99. The lowest BCUT2D eigenvalue weighted by Gasteiger charge is -2.24. The van der Waals surface area contributed by atoms with Crippen LogP contribution in [0.5, 0.6) is 0 Å². The van der Waals surface area contributed by atoms with E-state index in [9.17, 15) is 4.79 Å². The Morgan fingerprint density at radius 2 is 1.94 bits per heavy atom. The predicted octanol–water partition coefficient (Wildman–Crippen LogP) is 3.38. The summed E-state index contributed by atoms with van der Waals surface area (Å²) >= 11 is 7.69. The molecule has 0 saturated carbocycles. The van der Waals surface area contributed by atoms with Crippen molar-refractivity contribution in [1.29, 1.82) is 5.26 Å². The second-order valence-electron chi connectivity index (χ2n) is 4.66. The van der Waals surface area contributed by atoms with E-state index in [4.69, 9.17) is 22.2 Å². The number of hydrogen-bond donors (Lipinski definition) is 0. The van der Waals surface area contributed by atoms with Crippen molar-refractivity contribution in [2.45, 2.75) is 44.5 Å². The molecule has 0 aromatic carbocycles. The van der Waals surface area contributed by atoms with Gasteiger partial charge in [-0.3, -0.25) is 4.79 Å². The van der Waals surface area contributed by atoms with Crippen LogP contribution in [-0.2, 0) is 9.53 Å². The van der Waals surface area contributed by atoms with Crippen LogP contribution >= 0.6 is 35.7 Å². The van der Waals surface area contributed by atoms with E-state index >= 15 is 0 Å². The quantitative estimate of drug-likeness (QED) is 0.587. The fourth-order valence-electron chi connectivity index (χ4n) is 0.977. The zero-order valence-electron chi connectivity index (χ0n) is 10.7. The first-order chi connectivity index (χ1) is 7.62. The molecule has 0 spiro atoms. The molecule has 0 heterocycles. The van der Waals surface area contributed by atoms with Gasteiger partial charge in [-0.2, -0.15) is 5.26 Å². The number of rotatable bonds is 3. The van der Waals surface area contributed by atoms with E-state index in [1.165, 1.54) is 23.5 Å². The van der Waals surface area contributed by atoms with Crippen molar-refractivity contribution in [3.63, 3.8) is 0 Å². The summed E-state index contributed by atoms with van der Waals surface area (Å²) in [4.78, 5) is 11.7. The van der Waals surface area contributed by atoms with Crippen LogP contribution in [0.4, 0.5) is 0 Å². The summed E-state index contributed by atoms with van der Waals surface area (Å²) in [5.41, 5.74) is -0.530. The highest BCUT2D eigenvalue weighted by Crippen LogP contribution is 2.33. The summed E-state index contributed by atoms with van der Waals surface area (Å²) in [6, 6.07) is 2.12. The van der Waals surface area contributed by atoms with E-state index in [-0.39, 0.29) is 12.4 Å². The molecule has 0 amide bonds. The van der Waals surface area contributed by atoms with E-state index in [2.05, 4.69) is 6.07 Å². The highest BCUT2D eigenvalue weighted by atomic mass is 32.2. The first-order valence-corrected chi connectivity index (χ1v) is 7.47. The second kappa shape index (κ2) is 6.62. The van der Waals surface area contributed by atoms with Gasteiger partial charge >= 0.3 is 5.97 Å². The predicted molar refractivity (Wildman–Crippen MR) is 78.2 cm³/mol. The van der Waals surface area contributed by atoms with Crippen molar-refractivity contribution < 1.29 is 9.53 Å². The molecule has 0 aliphatic heterocycles. The number of carbonyl (C=O) groups excluding carboxylic acids is 1. The van der Waals surface area contributed by atoms with Gasteiger partial charge in [0.15, 0.2) is 0 Å². The molecule has 0 fully saturated rings. The fourth-order valence-corrected chi connectivity index (χ4v) is 3.02. The van der Waals surface area contributed by atoms with Crippen molar-refractivity contribution in [2.75, 3.05) is 6.26 Å². The van der Waals surface area contributed by atoms with Crippen LogP contribution in [0.15, 0.2) is 0 Å². The first kappa shape index (κ1) is 16.8. The Balaban J connectivity index is 4.55. The number of thiocarbonyl (C=S) groups is 1. The normalized spacial score (nSPS) is 14.6. The number of nitriles is 1. The summed E-state index contributed by atoms with van der Waals surface area (Å²) in [5, 5.41) is 9.13. The molecule has 1 atom stereocenters. The number of esters is 1. The standard InChI is InChI=1S/C11H17NO2S3/c1-10(2,3)14-8(13)6-11(4,7-12)17-9(15)16-5/h6H2,1-5H3. The second-order valence-corrected chi connectivity index (χ2v) is 8.18. The Morgan fingerprint density at radius 1 is 1.41 bits per heavy atom. The Morgan fingerprint density at radius 3 is 2.29 bits per heavy atom. The molecule has 3 nitrogen and oxygen atoms in total. The van der Waals surface area contributed by atoms with E-state index in [0.717, 1.165) is 0 Å². The molecule has 0 bridgehead atoms. The zero-order chi connectivity index (χ0) is 13.7. The number of carbonyl (C=O) groups is 1. The van der Waals surface area contributed by atoms with Crippen molar-refractivity contribution in [3.05, 3.63) is 0 Å². The Bertz CT molecular complexity index is 344. The van der Waals surface area contributed by atoms with E-state index < -0.39 is 10.3 Å². The molecule has 96 valence electrons. The SMILES string of the molecule is CSC(=S)SC(C)(C#N)CC(=O)OC(C)(C)C. The summed E-state index contributed by atoms with van der Waals surface area (Å²) in [7, 11) is 0. The Kier molecular flexibility index (Phi) is 6.52. The Hall–Kier alpha value is -0.250. The molecule has 0 rings (SSSR count). The van der Waals surface area contributed by atoms with Crippen molar-refractivity contribution >= 4 is 45.2 Å². The molecular weight excluding hydrogens is 274 g/mol. The van der Waals surface area contributed by atoms with Crippen molar-refractivity contribution in [3.8, 4) is 6.07 Å². The van der Waals surface area contributed by atoms with Crippen LogP contribution in [0.25, 0.3) is 0 Å². The number of ether oxygens (including phenoxy) is 1. The summed E-state index contributed by atoms with van der Waals surface area (Å²) in [5.74, 6) is -0.377. The van der Waals surface area contributed by atoms with Crippen LogP contribution in [0.1, 0.15) is 34.1 Å². The lowest BCUT2D eigenvalue weighted by Crippen LogP contribution is -2.30. The molecule has 0 radical (unpaired) electrons. The van der Waals surface area contributed by atoms with Gasteiger partial charge in [-0.25, -0.2) is 0 Å². The summed E-state index contributed by atoms with van der Waals surface area (Å²) in [6.07, 6.45) is 1.88. The minimum Gasteiger partial charge on any atom is -0.460 e. The van der Waals surface area contributed by atoms with Gasteiger partial charge < -0.3 is 4.74 Å². The zero-order valence-corrected chi connectivity index (χ0v) is 13.1. The maximum atomic E-state index is 11.7. The number of thioether (sulfide) groups is 2. The average Bonchev–Trinajstić information content (AvgIpc) is 2.14. The van der Waals surface area contributed by atoms with Crippen LogP contribution in [0.2, 0.25) is 0 Å². The van der Waals surface area contributed by atoms with Gasteiger partial charge in [0.2, 0.25) is 0 Å². The molecule has 0 aromatic heterocycles. The van der Waals surface area contributed by atoms with Gasteiger partial charge in [-0.05, 0) is 34.0 Å². The first-order valence-electron chi connectivity index (χ1n) is 5.02. The van der Waals surface area contributed by atoms with Gasteiger partial charge in [0.25, 0.3) is 0 Å². The van der Waals surface area contributed by atoms with Crippen LogP contribution in [0.3, 0.4) is 0 Å². The molecule has 0 saturated heterocycles. The lowest BCUT2D eigenvalue weighted by molar-refractivity contribution is -0.155. The molecule has 1 unspecified atom stereocenters. The molecule has 0 aromatic rings. The largest absolute Gasteiger partial charge is 0.460 e. The smallest absolute Gasteiger partial charge is 0.308 e. The molecule has 6 heteroatoms. The highest BCUT2D eigenvalue weighted by molar-refractivity contribution is 8.47. The summed E-state index contributed by atoms with van der Waals surface area (Å²) in [6.45, 7) is 7.10. The average molecular weight is 291 g/mol. The van der Waals surface area contributed by atoms with Crippen molar-refractivity contribution in [2.24, 2.45) is 0 Å². The third-order valence-corrected chi connectivity index (χ3v) is 4.30. The molecular formula is C11H17NO2S3. The Labute approximate surface area is 117 Å². The number of hydrogen-bond acceptors (Lipinski definition) is 6. The third kappa shape index (κ3) is 7.63. The topological polar surface area (TPSA) is 50.1 Å². The van der Waals surface area contributed by atoms with E-state index in [0.29, 0.717) is 3.53 Å². The fraction of sp³-hybridized carbons (Fsp3) is 0.727. The lowest BCUT2D eigenvalue weighted by atomic mass is 10.1. The number of nitrogens with zero attached hydrogens (tertiary/aromatic N) is 1. The monoisotopic (exact) mass is 291 g/mol. The van der Waals surface area contributed by atoms with Gasteiger partial charge in [-0.1, -0.05) is 24.0 Å². The molecule has 0 N–H and O–H groups in total. The third-order valence-electron chi connectivity index (χ3n) is 1.61. The van der Waals surface area contributed by atoms with Gasteiger partial charge in [-0.15, -0.1) is 11.8 Å². The maximum Gasteiger partial charge on any atom is 0.308 e. The van der Waals surface area contributed by atoms with Crippen LogP contribution < -0.4 is 0 Å². The van der Waals surface area contributed by atoms with Gasteiger partial charge in [0, 0.05) is 0 Å². The maximum absolute atomic E-state index is 11.7. The minimum atomic E-state index is -0.859. The molecule has 0 aliphatic rings. The van der Waals surface area contributed by atoms with Gasteiger partial charge in [0.05, 0.1) is 12.5 Å². The van der Waals surface area contributed by atoms with E-state index in [1.54, 1.807) is 27.7 Å². The van der Waals surface area contributed by atoms with Crippen LogP contribution in [0, 0.1) is 11.3 Å². The van der Waals surface area contributed by atoms with Crippen molar-refractivity contribution in [1.82, 2.24) is 0 Å². The van der Waals surface area contributed by atoms with E-state index in [1.807, 2.05) is 6.26 Å². The molecule has 17 heavy (non-hydrogen) atoms. The van der Waals surface area contributed by atoms with Crippen LogP contribution in [-0.4, -0.2) is 26.1 Å². The highest BCUT2D eigenvalue weighted by Gasteiger charge is 2.32. The molecule has 0 aliphatic carbocycles. The minimum absolute atomic E-state index is 0.0339.